The van der Waals surface area contributed by atoms with E-state index < -0.39 is 27.5 Å². The average molecular weight is 204 g/mol. The molecular formula is C6H11F3O2S. The first-order valence-electron chi connectivity index (χ1n) is 3.39. The van der Waals surface area contributed by atoms with Gasteiger partial charge in [-0.1, -0.05) is 13.8 Å². The smallest absolute Gasteiger partial charge is 0.228 e. The lowest BCUT2D eigenvalue weighted by Crippen LogP contribution is -2.26. The van der Waals surface area contributed by atoms with Crippen LogP contribution in [-0.2, 0) is 9.84 Å². The zero-order valence-corrected chi connectivity index (χ0v) is 7.67. The van der Waals surface area contributed by atoms with E-state index >= 15 is 0 Å². The van der Waals surface area contributed by atoms with Crippen molar-refractivity contribution in [1.82, 2.24) is 0 Å². The molecule has 0 aromatic heterocycles. The highest BCUT2D eigenvalue weighted by Crippen LogP contribution is 2.18. The van der Waals surface area contributed by atoms with Crippen LogP contribution >= 0.6 is 0 Å². The second kappa shape index (κ2) is 3.64. The van der Waals surface area contributed by atoms with E-state index in [0.29, 0.717) is 0 Å². The average Bonchev–Trinajstić information content (AvgIpc) is 1.48. The molecule has 0 fully saturated rings. The summed E-state index contributed by atoms with van der Waals surface area (Å²) in [5.41, 5.74) is 0. The normalized spacial score (nSPS) is 13.8. The third-order valence-corrected chi connectivity index (χ3v) is 2.91. The van der Waals surface area contributed by atoms with Gasteiger partial charge in [-0.3, -0.25) is 0 Å². The Morgan fingerprint density at radius 2 is 1.67 bits per heavy atom. The van der Waals surface area contributed by atoms with Crippen LogP contribution in [0.5, 0.6) is 0 Å². The van der Waals surface area contributed by atoms with Gasteiger partial charge in [-0.2, -0.15) is 13.2 Å². The van der Waals surface area contributed by atoms with Crippen LogP contribution in [0.1, 0.15) is 13.8 Å². The third kappa shape index (κ3) is 6.45. The number of alkyl halides is 3. The molecule has 0 aliphatic carbocycles. The maximum Gasteiger partial charge on any atom is 0.402 e. The first kappa shape index (κ1) is 11.7. The van der Waals surface area contributed by atoms with Crippen LogP contribution in [0.15, 0.2) is 0 Å². The quantitative estimate of drug-likeness (QED) is 0.700. The molecule has 0 radical (unpaired) electrons. The number of rotatable bonds is 3. The molecule has 0 aromatic carbocycles. The lowest BCUT2D eigenvalue weighted by molar-refractivity contribution is -0.106. The van der Waals surface area contributed by atoms with Gasteiger partial charge in [0.1, 0.15) is 5.75 Å². The molecule has 0 aromatic rings. The van der Waals surface area contributed by atoms with E-state index in [1.165, 1.54) is 0 Å². The molecule has 0 N–H and O–H groups in total. The summed E-state index contributed by atoms with van der Waals surface area (Å²) in [6, 6.07) is 0. The first-order chi connectivity index (χ1) is 5.12. The zero-order chi connectivity index (χ0) is 9.99. The minimum absolute atomic E-state index is 0.266. The minimum Gasteiger partial charge on any atom is -0.228 e. The van der Waals surface area contributed by atoms with E-state index in [4.69, 9.17) is 0 Å². The van der Waals surface area contributed by atoms with Gasteiger partial charge in [-0.15, -0.1) is 0 Å². The molecule has 0 aliphatic heterocycles. The van der Waals surface area contributed by atoms with E-state index in [2.05, 4.69) is 0 Å². The molecule has 2 nitrogen and oxygen atoms in total. The maximum atomic E-state index is 11.6. The Morgan fingerprint density at radius 1 is 1.25 bits per heavy atom. The van der Waals surface area contributed by atoms with Crippen LogP contribution in [0, 0.1) is 5.92 Å². The second-order valence-electron chi connectivity index (χ2n) is 3.06. The molecule has 0 unspecified atom stereocenters. The van der Waals surface area contributed by atoms with E-state index in [0.717, 1.165) is 0 Å². The second-order valence-corrected chi connectivity index (χ2v) is 5.17. The SMILES string of the molecule is CC(C)CS(=O)(=O)CC(F)(F)F. The van der Waals surface area contributed by atoms with E-state index in [1.807, 2.05) is 0 Å². The Kier molecular flexibility index (Phi) is 3.56. The Morgan fingerprint density at radius 3 is 1.92 bits per heavy atom. The third-order valence-electron chi connectivity index (χ3n) is 0.971. The lowest BCUT2D eigenvalue weighted by Gasteiger charge is -2.08. The number of hydrogen-bond donors (Lipinski definition) is 0. The van der Waals surface area contributed by atoms with Crippen molar-refractivity contribution in [2.24, 2.45) is 5.92 Å². The number of halogens is 3. The lowest BCUT2D eigenvalue weighted by atomic mass is 10.3. The fourth-order valence-electron chi connectivity index (χ4n) is 0.816. The van der Waals surface area contributed by atoms with Gasteiger partial charge < -0.3 is 0 Å². The molecular weight excluding hydrogens is 193 g/mol. The molecule has 0 bridgehead atoms. The summed E-state index contributed by atoms with van der Waals surface area (Å²) in [7, 11) is -3.96. The van der Waals surface area contributed by atoms with Crippen LogP contribution < -0.4 is 0 Å². The van der Waals surface area contributed by atoms with Gasteiger partial charge in [0, 0.05) is 0 Å². The van der Waals surface area contributed by atoms with Gasteiger partial charge in [0.25, 0.3) is 0 Å². The highest BCUT2D eigenvalue weighted by Gasteiger charge is 2.34. The Bertz CT molecular complexity index is 228. The largest absolute Gasteiger partial charge is 0.402 e. The van der Waals surface area contributed by atoms with Crippen LogP contribution in [0.25, 0.3) is 0 Å². The predicted octanol–water partition coefficient (Wildman–Crippen LogP) is 1.62. The van der Waals surface area contributed by atoms with Crippen molar-refractivity contribution >= 4 is 9.84 Å². The van der Waals surface area contributed by atoms with E-state index in [9.17, 15) is 21.6 Å². The summed E-state index contributed by atoms with van der Waals surface area (Å²) in [6.45, 7) is 3.13. The van der Waals surface area contributed by atoms with Crippen molar-refractivity contribution in [3.8, 4) is 0 Å². The first-order valence-corrected chi connectivity index (χ1v) is 5.22. The Labute approximate surface area is 69.7 Å². The molecule has 0 spiro atoms. The number of hydrogen-bond acceptors (Lipinski definition) is 2. The van der Waals surface area contributed by atoms with Crippen molar-refractivity contribution < 1.29 is 21.6 Å². The predicted molar refractivity (Wildman–Crippen MR) is 39.5 cm³/mol. The molecule has 0 saturated heterocycles. The van der Waals surface area contributed by atoms with Crippen LogP contribution in [0.2, 0.25) is 0 Å². The Hall–Kier alpha value is -0.260. The summed E-state index contributed by atoms with van der Waals surface area (Å²) in [5, 5.41) is 0. The molecule has 0 rings (SSSR count). The van der Waals surface area contributed by atoms with Gasteiger partial charge in [0.15, 0.2) is 9.84 Å². The van der Waals surface area contributed by atoms with Gasteiger partial charge in [0.2, 0.25) is 0 Å². The molecule has 12 heavy (non-hydrogen) atoms. The standard InChI is InChI=1S/C6H11F3O2S/c1-5(2)3-12(10,11)4-6(7,8)9/h5H,3-4H2,1-2H3. The summed E-state index contributed by atoms with van der Waals surface area (Å²) in [5.74, 6) is -2.39. The maximum absolute atomic E-state index is 11.6. The van der Waals surface area contributed by atoms with Crippen molar-refractivity contribution in [3.05, 3.63) is 0 Å². The van der Waals surface area contributed by atoms with Crippen LogP contribution in [-0.4, -0.2) is 26.1 Å². The van der Waals surface area contributed by atoms with Crippen molar-refractivity contribution in [1.29, 1.82) is 0 Å². The molecule has 0 amide bonds. The molecule has 6 heteroatoms. The summed E-state index contributed by atoms with van der Waals surface area (Å²) in [4.78, 5) is 0. The Balaban J connectivity index is 4.26. The topological polar surface area (TPSA) is 34.1 Å². The van der Waals surface area contributed by atoms with E-state index in [-0.39, 0.29) is 5.92 Å². The molecule has 0 aliphatic rings. The van der Waals surface area contributed by atoms with Crippen LogP contribution in [0.4, 0.5) is 13.2 Å². The van der Waals surface area contributed by atoms with Crippen molar-refractivity contribution in [2.75, 3.05) is 11.5 Å². The number of sulfone groups is 1. The van der Waals surface area contributed by atoms with Gasteiger partial charge >= 0.3 is 6.18 Å². The fraction of sp³-hybridized carbons (Fsp3) is 1.00. The van der Waals surface area contributed by atoms with E-state index in [1.54, 1.807) is 13.8 Å². The van der Waals surface area contributed by atoms with Gasteiger partial charge in [0.05, 0.1) is 5.75 Å². The highest BCUT2D eigenvalue weighted by atomic mass is 32.2. The molecule has 0 saturated carbocycles. The van der Waals surface area contributed by atoms with Crippen molar-refractivity contribution in [2.45, 2.75) is 20.0 Å². The fourth-order valence-corrected chi connectivity index (χ4v) is 2.45. The summed E-state index contributed by atoms with van der Waals surface area (Å²) < 4.78 is 56.3. The summed E-state index contributed by atoms with van der Waals surface area (Å²) >= 11 is 0. The van der Waals surface area contributed by atoms with Gasteiger partial charge in [-0.25, -0.2) is 8.42 Å². The molecule has 74 valence electrons. The summed E-state index contributed by atoms with van der Waals surface area (Å²) in [6.07, 6.45) is -4.62. The monoisotopic (exact) mass is 204 g/mol. The highest BCUT2D eigenvalue weighted by molar-refractivity contribution is 7.91. The zero-order valence-electron chi connectivity index (χ0n) is 6.85. The molecule has 0 atom stereocenters. The van der Waals surface area contributed by atoms with Gasteiger partial charge in [-0.05, 0) is 5.92 Å². The minimum atomic E-state index is -4.62. The van der Waals surface area contributed by atoms with Crippen molar-refractivity contribution in [3.63, 3.8) is 0 Å². The van der Waals surface area contributed by atoms with Crippen LogP contribution in [0.3, 0.4) is 0 Å². The molecule has 0 heterocycles.